The maximum Gasteiger partial charge on any atom is 0.318 e. The molecule has 0 saturated heterocycles. The van der Waals surface area contributed by atoms with E-state index in [9.17, 15) is 14.4 Å². The van der Waals surface area contributed by atoms with Gasteiger partial charge in [0.15, 0.2) is 0 Å². The van der Waals surface area contributed by atoms with E-state index in [4.69, 9.17) is 10.8 Å². The fourth-order valence-electron chi connectivity index (χ4n) is 2.27. The predicted octanol–water partition coefficient (Wildman–Crippen LogP) is 0.147. The van der Waals surface area contributed by atoms with E-state index in [0.29, 0.717) is 32.2 Å². The zero-order chi connectivity index (χ0) is 14.4. The van der Waals surface area contributed by atoms with Crippen LogP contribution in [0.2, 0.25) is 0 Å². The van der Waals surface area contributed by atoms with E-state index >= 15 is 0 Å². The molecule has 0 atom stereocenters. The van der Waals surface area contributed by atoms with Gasteiger partial charge in [0.05, 0.1) is 5.92 Å². The van der Waals surface area contributed by atoms with Crippen molar-refractivity contribution in [3.8, 4) is 0 Å². The van der Waals surface area contributed by atoms with Crippen LogP contribution in [-0.4, -0.2) is 47.0 Å². The van der Waals surface area contributed by atoms with Crippen LogP contribution >= 0.6 is 0 Å². The molecule has 1 aliphatic rings. The number of hydrogen-bond acceptors (Lipinski definition) is 3. The van der Waals surface area contributed by atoms with E-state index in [-0.39, 0.29) is 24.5 Å². The third kappa shape index (κ3) is 4.76. The summed E-state index contributed by atoms with van der Waals surface area (Å²) in [4.78, 5) is 34.9. The van der Waals surface area contributed by atoms with Gasteiger partial charge in [-0.15, -0.1) is 0 Å². The summed E-state index contributed by atoms with van der Waals surface area (Å²) in [5, 5.41) is 11.7. The van der Waals surface area contributed by atoms with E-state index in [1.54, 1.807) is 6.92 Å². The average Bonchev–Trinajstić information content (AvgIpc) is 2.36. The SMILES string of the molecule is CCN(CC(N)=O)C(=O)NC1CCC(C(=O)O)CC1. The molecule has 19 heavy (non-hydrogen) atoms. The van der Waals surface area contributed by atoms with Crippen molar-refractivity contribution < 1.29 is 19.5 Å². The van der Waals surface area contributed by atoms with Gasteiger partial charge in [0, 0.05) is 12.6 Å². The third-order valence-corrected chi connectivity index (χ3v) is 3.42. The van der Waals surface area contributed by atoms with Crippen LogP contribution in [0.5, 0.6) is 0 Å². The lowest BCUT2D eigenvalue weighted by Gasteiger charge is -2.29. The highest BCUT2D eigenvalue weighted by atomic mass is 16.4. The van der Waals surface area contributed by atoms with E-state index in [0.717, 1.165) is 0 Å². The summed E-state index contributed by atoms with van der Waals surface area (Å²) in [6.07, 6.45) is 2.44. The van der Waals surface area contributed by atoms with Crippen molar-refractivity contribution >= 4 is 17.9 Å². The molecule has 0 unspecified atom stereocenters. The van der Waals surface area contributed by atoms with Crippen molar-refractivity contribution in [1.29, 1.82) is 0 Å². The number of amides is 3. The average molecular weight is 271 g/mol. The number of carboxylic acid groups (broad SMARTS) is 1. The van der Waals surface area contributed by atoms with Crippen molar-refractivity contribution in [2.24, 2.45) is 11.7 Å². The molecule has 0 bridgehead atoms. The lowest BCUT2D eigenvalue weighted by molar-refractivity contribution is -0.142. The lowest BCUT2D eigenvalue weighted by atomic mass is 9.86. The van der Waals surface area contributed by atoms with Crippen molar-refractivity contribution in [3.05, 3.63) is 0 Å². The molecular weight excluding hydrogens is 250 g/mol. The smallest absolute Gasteiger partial charge is 0.318 e. The first kappa shape index (κ1) is 15.3. The van der Waals surface area contributed by atoms with Crippen LogP contribution in [0.3, 0.4) is 0 Å². The minimum absolute atomic E-state index is 0.0231. The normalized spacial score (nSPS) is 22.6. The second-order valence-electron chi connectivity index (χ2n) is 4.82. The monoisotopic (exact) mass is 271 g/mol. The molecule has 0 aromatic carbocycles. The number of rotatable bonds is 5. The topological polar surface area (TPSA) is 113 Å². The zero-order valence-corrected chi connectivity index (χ0v) is 11.1. The van der Waals surface area contributed by atoms with Crippen molar-refractivity contribution in [3.63, 3.8) is 0 Å². The Morgan fingerprint density at radius 2 is 1.84 bits per heavy atom. The van der Waals surface area contributed by atoms with Crippen LogP contribution in [0, 0.1) is 5.92 Å². The first-order valence-electron chi connectivity index (χ1n) is 6.50. The van der Waals surface area contributed by atoms with Gasteiger partial charge in [-0.1, -0.05) is 0 Å². The van der Waals surface area contributed by atoms with Crippen molar-refractivity contribution in [2.45, 2.75) is 38.6 Å². The van der Waals surface area contributed by atoms with Crippen LogP contribution < -0.4 is 11.1 Å². The number of carbonyl (C=O) groups excluding carboxylic acids is 2. The molecule has 1 fully saturated rings. The van der Waals surface area contributed by atoms with Gasteiger partial charge >= 0.3 is 12.0 Å². The summed E-state index contributed by atoms with van der Waals surface area (Å²) in [7, 11) is 0. The molecule has 108 valence electrons. The van der Waals surface area contributed by atoms with Crippen LogP contribution in [0.1, 0.15) is 32.6 Å². The fourth-order valence-corrected chi connectivity index (χ4v) is 2.27. The molecule has 4 N–H and O–H groups in total. The summed E-state index contributed by atoms with van der Waals surface area (Å²) in [6, 6.07) is -0.342. The van der Waals surface area contributed by atoms with Gasteiger partial charge in [0.25, 0.3) is 0 Å². The molecule has 0 aliphatic heterocycles. The number of nitrogens with one attached hydrogen (secondary N) is 1. The van der Waals surface area contributed by atoms with Gasteiger partial charge in [-0.3, -0.25) is 9.59 Å². The van der Waals surface area contributed by atoms with E-state index in [1.807, 2.05) is 0 Å². The summed E-state index contributed by atoms with van der Waals surface area (Å²) in [5.74, 6) is -1.62. The Bertz CT molecular complexity index is 351. The van der Waals surface area contributed by atoms with Gasteiger partial charge in [-0.25, -0.2) is 4.79 Å². The van der Waals surface area contributed by atoms with Gasteiger partial charge in [-0.05, 0) is 32.6 Å². The van der Waals surface area contributed by atoms with Gasteiger partial charge in [0.2, 0.25) is 5.91 Å². The number of primary amides is 1. The highest BCUT2D eigenvalue weighted by Crippen LogP contribution is 2.24. The molecule has 0 aromatic heterocycles. The number of nitrogens with zero attached hydrogens (tertiary/aromatic N) is 1. The Balaban J connectivity index is 2.41. The quantitative estimate of drug-likeness (QED) is 0.660. The molecule has 7 nitrogen and oxygen atoms in total. The largest absolute Gasteiger partial charge is 0.481 e. The number of likely N-dealkylation sites (N-methyl/N-ethyl adjacent to an activating group) is 1. The van der Waals surface area contributed by atoms with Crippen LogP contribution in [0.15, 0.2) is 0 Å². The molecule has 0 spiro atoms. The Morgan fingerprint density at radius 3 is 2.26 bits per heavy atom. The molecule has 0 radical (unpaired) electrons. The highest BCUT2D eigenvalue weighted by Gasteiger charge is 2.27. The Morgan fingerprint density at radius 1 is 1.26 bits per heavy atom. The van der Waals surface area contributed by atoms with Gasteiger partial charge < -0.3 is 21.1 Å². The van der Waals surface area contributed by atoms with Crippen molar-refractivity contribution in [2.75, 3.05) is 13.1 Å². The summed E-state index contributed by atoms with van der Waals surface area (Å²) < 4.78 is 0. The Kier molecular flexibility index (Phi) is 5.59. The number of carbonyl (C=O) groups is 3. The standard InChI is InChI=1S/C12H21N3O4/c1-2-15(7-10(13)16)12(19)14-9-5-3-8(4-6-9)11(17)18/h8-9H,2-7H2,1H3,(H2,13,16)(H,14,19)(H,17,18). The van der Waals surface area contributed by atoms with Gasteiger partial charge in [0.1, 0.15) is 6.54 Å². The Hall–Kier alpha value is -1.79. The van der Waals surface area contributed by atoms with E-state index < -0.39 is 11.9 Å². The first-order chi connectivity index (χ1) is 8.93. The highest BCUT2D eigenvalue weighted by molar-refractivity contribution is 5.83. The number of aliphatic carboxylic acids is 1. The molecule has 1 saturated carbocycles. The number of nitrogens with two attached hydrogens (primary N) is 1. The van der Waals surface area contributed by atoms with E-state index in [1.165, 1.54) is 4.90 Å². The lowest BCUT2D eigenvalue weighted by Crippen LogP contribution is -2.48. The van der Waals surface area contributed by atoms with E-state index in [2.05, 4.69) is 5.32 Å². The fraction of sp³-hybridized carbons (Fsp3) is 0.750. The molecule has 7 heteroatoms. The van der Waals surface area contributed by atoms with Gasteiger partial charge in [-0.2, -0.15) is 0 Å². The summed E-state index contributed by atoms with van der Waals surface area (Å²) in [6.45, 7) is 2.07. The van der Waals surface area contributed by atoms with Crippen LogP contribution in [-0.2, 0) is 9.59 Å². The summed E-state index contributed by atoms with van der Waals surface area (Å²) in [5.41, 5.74) is 5.07. The van der Waals surface area contributed by atoms with Crippen LogP contribution in [0.25, 0.3) is 0 Å². The minimum Gasteiger partial charge on any atom is -0.481 e. The molecule has 1 rings (SSSR count). The number of hydrogen-bond donors (Lipinski definition) is 3. The first-order valence-corrected chi connectivity index (χ1v) is 6.50. The molecule has 3 amide bonds. The van der Waals surface area contributed by atoms with Crippen molar-refractivity contribution in [1.82, 2.24) is 10.2 Å². The second-order valence-corrected chi connectivity index (χ2v) is 4.82. The molecular formula is C12H21N3O4. The maximum atomic E-state index is 11.9. The third-order valence-electron chi connectivity index (χ3n) is 3.42. The number of carboxylic acids is 1. The second kappa shape index (κ2) is 6.96. The maximum absolute atomic E-state index is 11.9. The molecule has 0 aromatic rings. The summed E-state index contributed by atoms with van der Waals surface area (Å²) >= 11 is 0. The zero-order valence-electron chi connectivity index (χ0n) is 11.1. The minimum atomic E-state index is -0.770. The molecule has 0 heterocycles. The van der Waals surface area contributed by atoms with Crippen LogP contribution in [0.4, 0.5) is 4.79 Å². The number of urea groups is 1. The predicted molar refractivity (Wildman–Crippen MR) is 68.4 cm³/mol. The Labute approximate surface area is 112 Å². The molecule has 1 aliphatic carbocycles.